The molecule has 2 aromatic carbocycles. The normalized spacial score (nSPS) is 23.8. The van der Waals surface area contributed by atoms with Gasteiger partial charge in [-0.1, -0.05) is 67.6 Å². The number of benzene rings is 2. The van der Waals surface area contributed by atoms with Crippen molar-refractivity contribution in [3.8, 4) is 0 Å². The van der Waals surface area contributed by atoms with Gasteiger partial charge in [0.25, 0.3) is 0 Å². The Kier molecular flexibility index (Phi) is 9.74. The molecule has 2 fully saturated rings. The molecule has 8 heteroatoms. The minimum absolute atomic E-state index is 0.166. The molecule has 3 unspecified atom stereocenters. The summed E-state index contributed by atoms with van der Waals surface area (Å²) in [6.07, 6.45) is 6.39. The fourth-order valence-corrected chi connectivity index (χ4v) is 6.00. The Balaban J connectivity index is 1.59. The molecular formula is C29H39Cl2N5O. The second-order valence-corrected chi connectivity index (χ2v) is 11.4. The van der Waals surface area contributed by atoms with E-state index >= 15 is 0 Å². The van der Waals surface area contributed by atoms with E-state index in [9.17, 15) is 4.79 Å². The molecule has 0 aromatic heterocycles. The summed E-state index contributed by atoms with van der Waals surface area (Å²) >= 11 is 12.6. The van der Waals surface area contributed by atoms with E-state index in [1.165, 1.54) is 25.7 Å². The number of carbonyl (C=O) groups is 1. The topological polar surface area (TPSA) is 82.7 Å². The van der Waals surface area contributed by atoms with Gasteiger partial charge in [-0.3, -0.25) is 4.79 Å². The zero-order valence-corrected chi connectivity index (χ0v) is 23.4. The lowest BCUT2D eigenvalue weighted by Crippen LogP contribution is -2.53. The van der Waals surface area contributed by atoms with Gasteiger partial charge < -0.3 is 21.3 Å². The van der Waals surface area contributed by atoms with Crippen LogP contribution in [0.4, 0.5) is 5.69 Å². The van der Waals surface area contributed by atoms with Gasteiger partial charge >= 0.3 is 0 Å². The van der Waals surface area contributed by atoms with Crippen LogP contribution in [0.2, 0.25) is 10.0 Å². The molecule has 2 aromatic rings. The molecule has 1 heterocycles. The first-order chi connectivity index (χ1) is 17.8. The highest BCUT2D eigenvalue weighted by atomic mass is 35.5. The van der Waals surface area contributed by atoms with Gasteiger partial charge in [-0.15, -0.1) is 0 Å². The van der Waals surface area contributed by atoms with Crippen molar-refractivity contribution in [3.63, 3.8) is 0 Å². The van der Waals surface area contributed by atoms with E-state index in [0.29, 0.717) is 28.0 Å². The molecule has 37 heavy (non-hydrogen) atoms. The van der Waals surface area contributed by atoms with Crippen molar-refractivity contribution in [1.82, 2.24) is 10.2 Å². The second kappa shape index (κ2) is 13.0. The molecule has 1 saturated carbocycles. The number of primary amides is 1. The number of hydrogen-bond donors (Lipinski definition) is 3. The van der Waals surface area contributed by atoms with Crippen LogP contribution in [0.3, 0.4) is 0 Å². The molecule has 4 rings (SSSR count). The highest BCUT2D eigenvalue weighted by molar-refractivity contribution is 6.35. The van der Waals surface area contributed by atoms with Crippen LogP contribution in [0.25, 0.3) is 0 Å². The van der Waals surface area contributed by atoms with Crippen LogP contribution in [0.5, 0.6) is 0 Å². The van der Waals surface area contributed by atoms with E-state index < -0.39 is 0 Å². The number of nitrogens with one attached hydrogen (secondary N) is 2. The molecule has 2 aliphatic rings. The van der Waals surface area contributed by atoms with Gasteiger partial charge in [0.15, 0.2) is 5.96 Å². The number of nitrogens with zero attached hydrogens (tertiary/aromatic N) is 2. The van der Waals surface area contributed by atoms with Crippen molar-refractivity contribution in [3.05, 3.63) is 63.6 Å². The highest BCUT2D eigenvalue weighted by Gasteiger charge is 2.25. The summed E-state index contributed by atoms with van der Waals surface area (Å²) in [4.78, 5) is 19.6. The van der Waals surface area contributed by atoms with Crippen LogP contribution in [-0.2, 0) is 4.79 Å². The van der Waals surface area contributed by atoms with Crippen LogP contribution < -0.4 is 16.4 Å². The van der Waals surface area contributed by atoms with Crippen molar-refractivity contribution in [2.24, 2.45) is 16.6 Å². The van der Waals surface area contributed by atoms with Crippen LogP contribution in [0.1, 0.15) is 69.4 Å². The third kappa shape index (κ3) is 7.62. The van der Waals surface area contributed by atoms with Gasteiger partial charge in [0.05, 0.1) is 6.04 Å². The number of carbonyl (C=O) groups excluding carboxylic acids is 1. The van der Waals surface area contributed by atoms with E-state index in [2.05, 4.69) is 29.4 Å². The summed E-state index contributed by atoms with van der Waals surface area (Å²) in [7, 11) is 0. The number of aliphatic imine (C=N–C) groups is 1. The van der Waals surface area contributed by atoms with Crippen molar-refractivity contribution >= 4 is 40.8 Å². The average molecular weight is 545 g/mol. The molecule has 0 radical (unpaired) electrons. The minimum Gasteiger partial charge on any atom is -0.370 e. The smallest absolute Gasteiger partial charge is 0.218 e. The first-order valence-electron chi connectivity index (χ1n) is 13.5. The zero-order valence-electron chi connectivity index (χ0n) is 21.9. The van der Waals surface area contributed by atoms with Crippen molar-refractivity contribution in [1.29, 1.82) is 0 Å². The predicted molar refractivity (Wildman–Crippen MR) is 155 cm³/mol. The standard InChI is InChI=1S/C29H39Cl2N5O/c1-19-6-4-3-5-7-27(19)35-29(36-15-14-33-20(2)18-36)34-23-11-8-21(9-12-23)25(17-28(32)37)24-13-10-22(30)16-26(24)31/h8-13,16,19-20,25,27,33H,3-7,14-15,17-18H2,1-2H3,(H2,32,37)(H,34,35)/t19?,20-,25?,27?/m0/s1. The maximum Gasteiger partial charge on any atom is 0.218 e. The molecule has 0 bridgehead atoms. The maximum atomic E-state index is 11.9. The Morgan fingerprint density at radius 2 is 1.89 bits per heavy atom. The maximum absolute atomic E-state index is 11.9. The van der Waals surface area contributed by atoms with Gasteiger partial charge in [-0.05, 0) is 61.1 Å². The summed E-state index contributed by atoms with van der Waals surface area (Å²) in [5, 5.41) is 8.25. The zero-order chi connectivity index (χ0) is 26.4. The average Bonchev–Trinajstić information content (AvgIpc) is 3.07. The Morgan fingerprint density at radius 1 is 1.14 bits per heavy atom. The number of amides is 1. The van der Waals surface area contributed by atoms with Crippen LogP contribution >= 0.6 is 23.2 Å². The van der Waals surface area contributed by atoms with Crippen LogP contribution in [0.15, 0.2) is 47.5 Å². The third-order valence-electron chi connectivity index (χ3n) is 7.59. The SMILES string of the molecule is CC1CCCCCC1N=C(Nc1ccc(C(CC(N)=O)c2ccc(Cl)cc2Cl)cc1)N1CCN[C@@H](C)C1. The summed E-state index contributed by atoms with van der Waals surface area (Å²) in [6, 6.07) is 14.3. The molecule has 4 N–H and O–H groups in total. The molecule has 1 aliphatic heterocycles. The van der Waals surface area contributed by atoms with E-state index in [-0.39, 0.29) is 18.2 Å². The monoisotopic (exact) mass is 543 g/mol. The van der Waals surface area contributed by atoms with Crippen molar-refractivity contribution in [2.75, 3.05) is 25.0 Å². The van der Waals surface area contributed by atoms with Gasteiger partial charge in [0.1, 0.15) is 0 Å². The number of nitrogens with two attached hydrogens (primary N) is 1. The summed E-state index contributed by atoms with van der Waals surface area (Å²) in [5.41, 5.74) is 8.38. The number of halogens is 2. The highest BCUT2D eigenvalue weighted by Crippen LogP contribution is 2.35. The number of piperazine rings is 1. The third-order valence-corrected chi connectivity index (χ3v) is 8.15. The van der Waals surface area contributed by atoms with E-state index in [1.807, 2.05) is 30.3 Å². The Morgan fingerprint density at radius 3 is 2.59 bits per heavy atom. The fraction of sp³-hybridized carbons (Fsp3) is 0.517. The van der Waals surface area contributed by atoms with E-state index in [4.69, 9.17) is 33.9 Å². The fourth-order valence-electron chi connectivity index (χ4n) is 5.46. The molecule has 0 spiro atoms. The van der Waals surface area contributed by atoms with Gasteiger partial charge in [0, 0.05) is 53.7 Å². The van der Waals surface area contributed by atoms with E-state index in [0.717, 1.165) is 48.8 Å². The largest absolute Gasteiger partial charge is 0.370 e. The number of rotatable bonds is 6. The Labute approximate surface area is 231 Å². The number of hydrogen-bond acceptors (Lipinski definition) is 3. The van der Waals surface area contributed by atoms with Crippen molar-refractivity contribution in [2.45, 2.75) is 70.4 Å². The molecule has 1 saturated heterocycles. The first kappa shape index (κ1) is 27.7. The number of anilines is 1. The van der Waals surface area contributed by atoms with Crippen LogP contribution in [-0.4, -0.2) is 48.5 Å². The van der Waals surface area contributed by atoms with Gasteiger partial charge in [-0.2, -0.15) is 0 Å². The lowest BCUT2D eigenvalue weighted by Gasteiger charge is -2.35. The van der Waals surface area contributed by atoms with Gasteiger partial charge in [0.2, 0.25) is 5.91 Å². The predicted octanol–water partition coefficient (Wildman–Crippen LogP) is 6.03. The molecule has 6 nitrogen and oxygen atoms in total. The van der Waals surface area contributed by atoms with Crippen molar-refractivity contribution < 1.29 is 4.79 Å². The number of guanidine groups is 1. The Hall–Kier alpha value is -2.28. The molecule has 4 atom stereocenters. The van der Waals surface area contributed by atoms with Gasteiger partial charge in [-0.25, -0.2) is 4.99 Å². The summed E-state index contributed by atoms with van der Waals surface area (Å²) < 4.78 is 0. The van der Waals surface area contributed by atoms with E-state index in [1.54, 1.807) is 12.1 Å². The Bertz CT molecular complexity index is 1090. The van der Waals surface area contributed by atoms with Crippen LogP contribution in [0, 0.1) is 5.92 Å². The lowest BCUT2D eigenvalue weighted by molar-refractivity contribution is -0.118. The second-order valence-electron chi connectivity index (χ2n) is 10.6. The summed E-state index contributed by atoms with van der Waals surface area (Å²) in [5.74, 6) is 0.915. The minimum atomic E-state index is -0.377. The summed E-state index contributed by atoms with van der Waals surface area (Å²) in [6.45, 7) is 7.34. The molecular weight excluding hydrogens is 505 g/mol. The molecule has 1 amide bonds. The molecule has 200 valence electrons. The quantitative estimate of drug-likeness (QED) is 0.236. The first-order valence-corrected chi connectivity index (χ1v) is 14.2. The molecule has 1 aliphatic carbocycles. The lowest BCUT2D eigenvalue weighted by atomic mass is 9.88.